The van der Waals surface area contributed by atoms with Crippen molar-refractivity contribution in [1.29, 1.82) is 5.26 Å². The number of hydrogen-bond donors (Lipinski definition) is 2. The third kappa shape index (κ3) is 5.62. The summed E-state index contributed by atoms with van der Waals surface area (Å²) in [6.07, 6.45) is -1.16. The minimum absolute atomic E-state index is 0.196. The van der Waals surface area contributed by atoms with Gasteiger partial charge in [-0.25, -0.2) is 9.18 Å². The summed E-state index contributed by atoms with van der Waals surface area (Å²) in [6, 6.07) is 7.83. The van der Waals surface area contributed by atoms with E-state index < -0.39 is 35.7 Å². The zero-order chi connectivity index (χ0) is 21.6. The highest BCUT2D eigenvalue weighted by Crippen LogP contribution is 2.22. The average molecular weight is 417 g/mol. The Morgan fingerprint density at radius 3 is 2.48 bits per heavy atom. The number of rotatable bonds is 7. The number of nitrogens with zero attached hydrogens (tertiary/aromatic N) is 1. The number of halogens is 1. The molecule has 2 N–H and O–H groups in total. The Morgan fingerprint density at radius 2 is 1.86 bits per heavy atom. The molecule has 2 aromatic rings. The fourth-order valence-corrected chi connectivity index (χ4v) is 3.11. The molecule has 152 valence electrons. The summed E-state index contributed by atoms with van der Waals surface area (Å²) in [5, 5.41) is 16.0. The smallest absolute Gasteiger partial charge is 0.329 e. The van der Waals surface area contributed by atoms with Gasteiger partial charge in [0.2, 0.25) is 0 Å². The molecule has 7 nitrogen and oxygen atoms in total. The van der Waals surface area contributed by atoms with Gasteiger partial charge in [-0.2, -0.15) is 5.26 Å². The molecule has 0 aliphatic carbocycles. The summed E-state index contributed by atoms with van der Waals surface area (Å²) in [5.41, 5.74) is 0.109. The lowest BCUT2D eigenvalue weighted by molar-refractivity contribution is -0.156. The molecule has 0 unspecified atom stereocenters. The minimum Gasteiger partial charge on any atom is -0.451 e. The number of nitrogens with one attached hydrogen (secondary N) is 2. The molecule has 0 bridgehead atoms. The number of carbonyl (C=O) groups excluding carboxylic acids is 3. The van der Waals surface area contributed by atoms with E-state index in [2.05, 4.69) is 10.6 Å². The van der Waals surface area contributed by atoms with Crippen molar-refractivity contribution in [1.82, 2.24) is 5.32 Å². The number of benzene rings is 1. The molecule has 2 atom stereocenters. The van der Waals surface area contributed by atoms with E-state index >= 15 is 0 Å². The third-order valence-corrected chi connectivity index (χ3v) is 4.84. The Morgan fingerprint density at radius 1 is 1.17 bits per heavy atom. The second-order valence-electron chi connectivity index (χ2n) is 6.52. The largest absolute Gasteiger partial charge is 0.451 e. The highest BCUT2D eigenvalue weighted by molar-refractivity contribution is 7.14. The van der Waals surface area contributed by atoms with E-state index in [-0.39, 0.29) is 11.5 Å². The lowest BCUT2D eigenvalue weighted by atomic mass is 10.0. The summed E-state index contributed by atoms with van der Waals surface area (Å²) in [5.74, 6) is -3.26. The fraction of sp³-hybridized carbons (Fsp3) is 0.300. The Kier molecular flexibility index (Phi) is 7.45. The Hall–Kier alpha value is -3.25. The van der Waals surface area contributed by atoms with Crippen LogP contribution in [0.3, 0.4) is 0 Å². The van der Waals surface area contributed by atoms with Crippen molar-refractivity contribution in [3.8, 4) is 6.07 Å². The Labute approximate surface area is 171 Å². The number of nitriles is 1. The average Bonchev–Trinajstić information content (AvgIpc) is 3.12. The highest BCUT2D eigenvalue weighted by Gasteiger charge is 2.30. The van der Waals surface area contributed by atoms with Gasteiger partial charge in [-0.1, -0.05) is 26.0 Å². The predicted octanol–water partition coefficient (Wildman–Crippen LogP) is 3.08. The van der Waals surface area contributed by atoms with Crippen LogP contribution in [0.25, 0.3) is 0 Å². The quantitative estimate of drug-likeness (QED) is 0.673. The minimum atomic E-state index is -1.16. The van der Waals surface area contributed by atoms with E-state index in [1.54, 1.807) is 25.3 Å². The van der Waals surface area contributed by atoms with Gasteiger partial charge in [-0.15, -0.1) is 11.3 Å². The molecule has 0 aliphatic rings. The van der Waals surface area contributed by atoms with E-state index in [9.17, 15) is 18.8 Å². The summed E-state index contributed by atoms with van der Waals surface area (Å²) in [6.45, 7) is 4.75. The number of anilines is 1. The number of thiophene rings is 1. The van der Waals surface area contributed by atoms with Gasteiger partial charge in [0.05, 0.1) is 11.1 Å². The zero-order valence-electron chi connectivity index (χ0n) is 16.1. The molecular weight excluding hydrogens is 397 g/mol. The second-order valence-corrected chi connectivity index (χ2v) is 7.43. The first kappa shape index (κ1) is 22.0. The molecule has 1 aromatic heterocycles. The monoisotopic (exact) mass is 417 g/mol. The van der Waals surface area contributed by atoms with Crippen molar-refractivity contribution in [3.63, 3.8) is 0 Å². The van der Waals surface area contributed by atoms with Crippen molar-refractivity contribution >= 4 is 34.1 Å². The first-order valence-corrected chi connectivity index (χ1v) is 9.67. The second kappa shape index (κ2) is 9.80. The van der Waals surface area contributed by atoms with Gasteiger partial charge in [0.1, 0.15) is 22.9 Å². The van der Waals surface area contributed by atoms with E-state index in [1.807, 2.05) is 6.07 Å². The van der Waals surface area contributed by atoms with E-state index in [1.165, 1.54) is 36.5 Å². The third-order valence-electron chi connectivity index (χ3n) is 4.01. The molecule has 2 amide bonds. The van der Waals surface area contributed by atoms with Gasteiger partial charge in [0.15, 0.2) is 6.10 Å². The Bertz CT molecular complexity index is 951. The molecule has 0 saturated heterocycles. The van der Waals surface area contributed by atoms with Crippen LogP contribution in [0.2, 0.25) is 0 Å². The molecule has 0 spiro atoms. The molecule has 2 rings (SSSR count). The number of carbonyl (C=O) groups is 3. The SMILES string of the molecule is CC(C)[C@H](NC(=O)c1ccccc1F)C(=O)O[C@@H](C)C(=O)Nc1sccc1C#N. The van der Waals surface area contributed by atoms with Crippen LogP contribution < -0.4 is 10.6 Å². The van der Waals surface area contributed by atoms with Crippen molar-refractivity contribution < 1.29 is 23.5 Å². The first-order chi connectivity index (χ1) is 13.7. The molecule has 0 aliphatic heterocycles. The van der Waals surface area contributed by atoms with Crippen LogP contribution in [0.4, 0.5) is 9.39 Å². The van der Waals surface area contributed by atoms with Gasteiger partial charge < -0.3 is 15.4 Å². The molecule has 9 heteroatoms. The molecule has 1 aromatic carbocycles. The number of hydrogen-bond acceptors (Lipinski definition) is 6. The van der Waals surface area contributed by atoms with Gasteiger partial charge in [-0.05, 0) is 36.4 Å². The first-order valence-electron chi connectivity index (χ1n) is 8.79. The maximum absolute atomic E-state index is 13.8. The van der Waals surface area contributed by atoms with Gasteiger partial charge in [0, 0.05) is 0 Å². The van der Waals surface area contributed by atoms with Crippen LogP contribution in [0.15, 0.2) is 35.7 Å². The zero-order valence-corrected chi connectivity index (χ0v) is 16.9. The van der Waals surface area contributed by atoms with Crippen LogP contribution in [0.1, 0.15) is 36.7 Å². The molecule has 0 saturated carbocycles. The molecule has 29 heavy (non-hydrogen) atoms. The fourth-order valence-electron chi connectivity index (χ4n) is 2.37. The summed E-state index contributed by atoms with van der Waals surface area (Å²) in [4.78, 5) is 37.1. The van der Waals surface area contributed by atoms with Crippen LogP contribution in [-0.4, -0.2) is 29.9 Å². The lowest BCUT2D eigenvalue weighted by Gasteiger charge is -2.23. The van der Waals surface area contributed by atoms with Crippen LogP contribution >= 0.6 is 11.3 Å². The van der Waals surface area contributed by atoms with E-state index in [0.29, 0.717) is 10.6 Å². The standard InChI is InChI=1S/C20H20FN3O4S/c1-11(2)16(23-18(26)14-6-4-5-7-15(14)21)20(27)28-12(3)17(25)24-19-13(10-22)8-9-29-19/h4-9,11-12,16H,1-3H3,(H,23,26)(H,24,25)/t12-,16-/m0/s1. The molecule has 0 radical (unpaired) electrons. The van der Waals surface area contributed by atoms with Crippen molar-refractivity contribution in [2.45, 2.75) is 32.9 Å². The molecule has 1 heterocycles. The summed E-state index contributed by atoms with van der Waals surface area (Å²) in [7, 11) is 0. The lowest BCUT2D eigenvalue weighted by Crippen LogP contribution is -2.47. The number of esters is 1. The van der Waals surface area contributed by atoms with Crippen molar-refractivity contribution in [2.24, 2.45) is 5.92 Å². The summed E-state index contributed by atoms with van der Waals surface area (Å²) < 4.78 is 19.0. The van der Waals surface area contributed by atoms with E-state index in [0.717, 1.165) is 6.07 Å². The van der Waals surface area contributed by atoms with Gasteiger partial charge in [-0.3, -0.25) is 9.59 Å². The number of amides is 2. The normalized spacial score (nSPS) is 12.6. The van der Waals surface area contributed by atoms with Crippen LogP contribution in [0.5, 0.6) is 0 Å². The Balaban J connectivity index is 2.03. The highest BCUT2D eigenvalue weighted by atomic mass is 32.1. The van der Waals surface area contributed by atoms with Crippen LogP contribution in [-0.2, 0) is 14.3 Å². The van der Waals surface area contributed by atoms with Crippen molar-refractivity contribution in [2.75, 3.05) is 5.32 Å². The maximum Gasteiger partial charge on any atom is 0.329 e. The molecule has 0 fully saturated rings. The van der Waals surface area contributed by atoms with Crippen molar-refractivity contribution in [3.05, 3.63) is 52.7 Å². The number of ether oxygens (including phenoxy) is 1. The summed E-state index contributed by atoms with van der Waals surface area (Å²) >= 11 is 1.17. The van der Waals surface area contributed by atoms with E-state index in [4.69, 9.17) is 10.00 Å². The van der Waals surface area contributed by atoms with Gasteiger partial charge in [0.25, 0.3) is 11.8 Å². The molecular formula is C20H20FN3O4S. The maximum atomic E-state index is 13.8. The topological polar surface area (TPSA) is 108 Å². The van der Waals surface area contributed by atoms with Gasteiger partial charge >= 0.3 is 5.97 Å². The predicted molar refractivity (Wildman–Crippen MR) is 106 cm³/mol. The van der Waals surface area contributed by atoms with Crippen LogP contribution in [0, 0.1) is 23.1 Å².